The van der Waals surface area contributed by atoms with Crippen molar-refractivity contribution >= 4 is 11.8 Å². The molecule has 7 heteroatoms. The maximum absolute atomic E-state index is 12.5. The topological polar surface area (TPSA) is 125 Å². The molecule has 146 valence electrons. The molecule has 0 radical (unpaired) electrons. The van der Waals surface area contributed by atoms with Gasteiger partial charge in [-0.1, -0.05) is 11.8 Å². The van der Waals surface area contributed by atoms with Gasteiger partial charge in [-0.25, -0.2) is 5.48 Å². The zero-order chi connectivity index (χ0) is 20.1. The van der Waals surface area contributed by atoms with Gasteiger partial charge in [0.2, 0.25) is 0 Å². The Morgan fingerprint density at radius 2 is 1.96 bits per heavy atom. The van der Waals surface area contributed by atoms with Gasteiger partial charge in [0.25, 0.3) is 11.8 Å². The summed E-state index contributed by atoms with van der Waals surface area (Å²) in [4.78, 5) is 24.4. The molecule has 1 aromatic carbocycles. The standard InChI is InChI=1S/C21H23N3O4/c22-21(10-3-11-21)18(20(27)24-28)23-19(26)15-8-6-14(7-9-15)4-1-2-5-16-12-17(16)13-25/h6-9,16-18,25,28H,3,10-13,22H2,(H,23,26)(H,24,27). The van der Waals surface area contributed by atoms with Crippen molar-refractivity contribution in [2.24, 2.45) is 17.6 Å². The van der Waals surface area contributed by atoms with E-state index >= 15 is 0 Å². The smallest absolute Gasteiger partial charge is 0.267 e. The number of nitrogens with one attached hydrogen (secondary N) is 2. The van der Waals surface area contributed by atoms with Gasteiger partial charge < -0.3 is 16.2 Å². The fourth-order valence-electron chi connectivity index (χ4n) is 3.19. The Morgan fingerprint density at radius 1 is 1.25 bits per heavy atom. The predicted molar refractivity (Wildman–Crippen MR) is 102 cm³/mol. The van der Waals surface area contributed by atoms with Crippen molar-refractivity contribution in [2.75, 3.05) is 6.61 Å². The maximum Gasteiger partial charge on any atom is 0.267 e. The Bertz CT molecular complexity index is 869. The van der Waals surface area contributed by atoms with Gasteiger partial charge in [-0.15, -0.1) is 0 Å². The molecule has 0 saturated heterocycles. The first kappa shape index (κ1) is 19.9. The Kier molecular flexibility index (Phi) is 6.01. The first-order chi connectivity index (χ1) is 13.5. The van der Waals surface area contributed by atoms with Crippen molar-refractivity contribution in [3.63, 3.8) is 0 Å². The number of carbonyl (C=O) groups excluding carboxylic acids is 2. The van der Waals surface area contributed by atoms with E-state index in [1.54, 1.807) is 29.7 Å². The molecule has 0 aromatic heterocycles. The second kappa shape index (κ2) is 8.45. The molecule has 3 rings (SSSR count). The SMILES string of the molecule is NC1(C(NC(=O)c2ccc(C#CC#CC3CC3CO)cc2)C(=O)NO)CCC1. The molecule has 2 fully saturated rings. The van der Waals surface area contributed by atoms with E-state index in [1.807, 2.05) is 0 Å². The number of aliphatic hydroxyl groups excluding tert-OH is 1. The first-order valence-electron chi connectivity index (χ1n) is 9.23. The Balaban J connectivity index is 1.61. The second-order valence-electron chi connectivity index (χ2n) is 7.35. The van der Waals surface area contributed by atoms with Crippen LogP contribution in [-0.2, 0) is 4.79 Å². The summed E-state index contributed by atoms with van der Waals surface area (Å²) in [7, 11) is 0. The highest BCUT2D eigenvalue weighted by molar-refractivity contribution is 5.98. The van der Waals surface area contributed by atoms with E-state index in [1.165, 1.54) is 0 Å². The van der Waals surface area contributed by atoms with Crippen molar-refractivity contribution < 1.29 is 19.9 Å². The summed E-state index contributed by atoms with van der Waals surface area (Å²) in [5.41, 5.74) is 7.95. The van der Waals surface area contributed by atoms with Gasteiger partial charge in [0, 0.05) is 29.2 Å². The molecule has 2 saturated carbocycles. The predicted octanol–water partition coefficient (Wildman–Crippen LogP) is 0.155. The number of hydrogen-bond acceptors (Lipinski definition) is 5. The summed E-state index contributed by atoms with van der Waals surface area (Å²) >= 11 is 0. The number of carbonyl (C=O) groups is 2. The highest BCUT2D eigenvalue weighted by atomic mass is 16.5. The number of amides is 2. The summed E-state index contributed by atoms with van der Waals surface area (Å²) in [6.45, 7) is 0.169. The van der Waals surface area contributed by atoms with E-state index in [2.05, 4.69) is 29.0 Å². The van der Waals surface area contributed by atoms with Crippen LogP contribution >= 0.6 is 0 Å². The number of benzene rings is 1. The van der Waals surface area contributed by atoms with Gasteiger partial charge in [0.15, 0.2) is 0 Å². The molecule has 6 N–H and O–H groups in total. The highest BCUT2D eigenvalue weighted by Gasteiger charge is 2.45. The summed E-state index contributed by atoms with van der Waals surface area (Å²) in [5.74, 6) is 10.8. The van der Waals surface area contributed by atoms with Crippen molar-refractivity contribution in [2.45, 2.75) is 37.3 Å². The van der Waals surface area contributed by atoms with Crippen molar-refractivity contribution in [1.82, 2.24) is 10.8 Å². The van der Waals surface area contributed by atoms with Gasteiger partial charge >= 0.3 is 0 Å². The van der Waals surface area contributed by atoms with E-state index in [0.717, 1.165) is 12.8 Å². The summed E-state index contributed by atoms with van der Waals surface area (Å²) in [6, 6.07) is 5.60. The van der Waals surface area contributed by atoms with E-state index in [-0.39, 0.29) is 18.4 Å². The summed E-state index contributed by atoms with van der Waals surface area (Å²) < 4.78 is 0. The molecule has 2 aliphatic carbocycles. The van der Waals surface area contributed by atoms with E-state index < -0.39 is 23.4 Å². The Hall–Kier alpha value is -2.84. The molecule has 0 spiro atoms. The van der Waals surface area contributed by atoms with Gasteiger partial charge in [0.1, 0.15) is 6.04 Å². The van der Waals surface area contributed by atoms with Crippen LogP contribution in [0.1, 0.15) is 41.6 Å². The highest BCUT2D eigenvalue weighted by Crippen LogP contribution is 2.36. The quantitative estimate of drug-likeness (QED) is 0.282. The third-order valence-corrected chi connectivity index (χ3v) is 5.34. The third-order valence-electron chi connectivity index (χ3n) is 5.34. The lowest BCUT2D eigenvalue weighted by Crippen LogP contribution is -2.67. The molecular weight excluding hydrogens is 358 g/mol. The van der Waals surface area contributed by atoms with Crippen LogP contribution in [0.15, 0.2) is 24.3 Å². The van der Waals surface area contributed by atoms with Crippen LogP contribution in [0.4, 0.5) is 0 Å². The number of hydrogen-bond donors (Lipinski definition) is 5. The minimum atomic E-state index is -1.00. The van der Waals surface area contributed by atoms with Crippen molar-refractivity contribution in [1.29, 1.82) is 0 Å². The molecule has 1 aromatic rings. The lowest BCUT2D eigenvalue weighted by molar-refractivity contribution is -0.134. The molecule has 3 unspecified atom stereocenters. The Morgan fingerprint density at radius 3 is 2.50 bits per heavy atom. The molecule has 2 amide bonds. The molecule has 28 heavy (non-hydrogen) atoms. The van der Waals surface area contributed by atoms with Crippen LogP contribution in [0.5, 0.6) is 0 Å². The van der Waals surface area contributed by atoms with Gasteiger partial charge in [0.05, 0.1) is 0 Å². The molecular formula is C21H23N3O4. The van der Waals surface area contributed by atoms with Crippen LogP contribution in [0.3, 0.4) is 0 Å². The average molecular weight is 381 g/mol. The summed E-state index contributed by atoms with van der Waals surface area (Å²) in [6.07, 6.45) is 3.00. The lowest BCUT2D eigenvalue weighted by atomic mass is 9.72. The zero-order valence-corrected chi connectivity index (χ0v) is 15.4. The molecule has 0 bridgehead atoms. The Labute approximate surface area is 163 Å². The normalized spacial score (nSPS) is 22.2. The van der Waals surface area contributed by atoms with Crippen LogP contribution in [-0.4, -0.2) is 40.3 Å². The number of aliphatic hydroxyl groups is 1. The number of hydroxylamine groups is 1. The molecule has 3 atom stereocenters. The van der Waals surface area contributed by atoms with Crippen LogP contribution in [0.25, 0.3) is 0 Å². The van der Waals surface area contributed by atoms with Gasteiger partial charge in [-0.2, -0.15) is 0 Å². The van der Waals surface area contributed by atoms with Crippen molar-refractivity contribution in [3.05, 3.63) is 35.4 Å². The lowest BCUT2D eigenvalue weighted by Gasteiger charge is -2.43. The van der Waals surface area contributed by atoms with E-state index in [9.17, 15) is 9.59 Å². The fourth-order valence-corrected chi connectivity index (χ4v) is 3.19. The molecule has 7 nitrogen and oxygen atoms in total. The van der Waals surface area contributed by atoms with Gasteiger partial charge in [-0.3, -0.25) is 14.8 Å². The van der Waals surface area contributed by atoms with Gasteiger partial charge in [-0.05, 0) is 67.7 Å². The first-order valence-corrected chi connectivity index (χ1v) is 9.23. The van der Waals surface area contributed by atoms with Crippen LogP contribution in [0, 0.1) is 35.5 Å². The van der Waals surface area contributed by atoms with Crippen LogP contribution in [0.2, 0.25) is 0 Å². The van der Waals surface area contributed by atoms with E-state index in [4.69, 9.17) is 16.0 Å². The second-order valence-corrected chi connectivity index (χ2v) is 7.35. The zero-order valence-electron chi connectivity index (χ0n) is 15.4. The number of nitrogens with two attached hydrogens (primary N) is 1. The molecule has 0 heterocycles. The van der Waals surface area contributed by atoms with Crippen molar-refractivity contribution in [3.8, 4) is 23.7 Å². The van der Waals surface area contributed by atoms with E-state index in [0.29, 0.717) is 24.0 Å². The molecule has 0 aliphatic heterocycles. The number of rotatable bonds is 5. The largest absolute Gasteiger partial charge is 0.396 e. The maximum atomic E-state index is 12.5. The monoisotopic (exact) mass is 381 g/mol. The minimum absolute atomic E-state index is 0.169. The fraction of sp³-hybridized carbons (Fsp3) is 0.429. The third kappa shape index (κ3) is 4.52. The minimum Gasteiger partial charge on any atom is -0.396 e. The molecule has 2 aliphatic rings. The average Bonchev–Trinajstić information content (AvgIpc) is 3.46. The van der Waals surface area contributed by atoms with Crippen LogP contribution < -0.4 is 16.5 Å². The summed E-state index contributed by atoms with van der Waals surface area (Å²) in [5, 5.41) is 20.5.